The molecule has 1 aromatic heterocycles. The number of fused-ring (bicyclic) bond motifs is 1. The first-order valence-corrected chi connectivity index (χ1v) is 7.59. The monoisotopic (exact) mass is 320 g/mol. The maximum absolute atomic E-state index is 12.2. The molecule has 3 aromatic rings. The van der Waals surface area contributed by atoms with Crippen LogP contribution in [0.4, 0.5) is 0 Å². The Kier molecular flexibility index (Phi) is 4.11. The highest BCUT2D eigenvalue weighted by Gasteiger charge is 2.12. The van der Waals surface area contributed by atoms with Gasteiger partial charge in [0, 0.05) is 22.7 Å². The topological polar surface area (TPSA) is 87.2 Å². The molecule has 7 heteroatoms. The van der Waals surface area contributed by atoms with Gasteiger partial charge in [0.05, 0.1) is 4.90 Å². The SMILES string of the molecule is O=c1cc(-c2ccccc2)[nH]c2ccc(S(=O)(=O)O)cc12.[F-]. The average molecular weight is 320 g/mol. The molecule has 1 heterocycles. The molecular weight excluding hydrogens is 309 g/mol. The number of hydrogen-bond donors (Lipinski definition) is 2. The molecule has 0 aliphatic heterocycles. The Balaban J connectivity index is 0.00000176. The summed E-state index contributed by atoms with van der Waals surface area (Å²) in [6, 6.07) is 14.6. The van der Waals surface area contributed by atoms with Crippen LogP contribution in [0.15, 0.2) is 64.3 Å². The predicted molar refractivity (Wildman–Crippen MR) is 79.8 cm³/mol. The van der Waals surface area contributed by atoms with E-state index in [0.717, 1.165) is 11.6 Å². The van der Waals surface area contributed by atoms with Crippen molar-refractivity contribution < 1.29 is 17.7 Å². The van der Waals surface area contributed by atoms with Gasteiger partial charge in [0.2, 0.25) is 0 Å². The normalized spacial score (nSPS) is 11.1. The van der Waals surface area contributed by atoms with Gasteiger partial charge >= 0.3 is 0 Å². The van der Waals surface area contributed by atoms with E-state index in [1.165, 1.54) is 18.2 Å². The molecular formula is C15H11FNO4S-. The largest absolute Gasteiger partial charge is 1.00 e. The van der Waals surface area contributed by atoms with Crippen molar-refractivity contribution in [2.45, 2.75) is 4.90 Å². The molecule has 0 saturated carbocycles. The summed E-state index contributed by atoms with van der Waals surface area (Å²) in [4.78, 5) is 14.9. The quantitative estimate of drug-likeness (QED) is 0.620. The van der Waals surface area contributed by atoms with E-state index >= 15 is 0 Å². The first-order chi connectivity index (χ1) is 9.95. The molecule has 22 heavy (non-hydrogen) atoms. The Morgan fingerprint density at radius 1 is 0.955 bits per heavy atom. The fourth-order valence-corrected chi connectivity index (χ4v) is 2.67. The summed E-state index contributed by atoms with van der Waals surface area (Å²) in [6.45, 7) is 0. The van der Waals surface area contributed by atoms with Gasteiger partial charge in [0.25, 0.3) is 10.1 Å². The van der Waals surface area contributed by atoms with Gasteiger partial charge < -0.3 is 9.69 Å². The van der Waals surface area contributed by atoms with Gasteiger partial charge in [0.15, 0.2) is 5.43 Å². The minimum absolute atomic E-state index is 0. The van der Waals surface area contributed by atoms with Crippen LogP contribution in [0, 0.1) is 0 Å². The maximum atomic E-state index is 12.2. The lowest BCUT2D eigenvalue weighted by molar-refractivity contribution is -0.00000834. The molecule has 114 valence electrons. The van der Waals surface area contributed by atoms with Gasteiger partial charge in [-0.05, 0) is 23.8 Å². The van der Waals surface area contributed by atoms with E-state index in [2.05, 4.69) is 4.98 Å². The predicted octanol–water partition coefficient (Wildman–Crippen LogP) is -0.554. The number of H-pyrrole nitrogens is 1. The number of benzene rings is 2. The third kappa shape index (κ3) is 2.90. The molecule has 0 fully saturated rings. The summed E-state index contributed by atoms with van der Waals surface area (Å²) in [7, 11) is -4.33. The summed E-state index contributed by atoms with van der Waals surface area (Å²) >= 11 is 0. The number of aromatic amines is 1. The zero-order valence-corrected chi connectivity index (χ0v) is 12.0. The summed E-state index contributed by atoms with van der Waals surface area (Å²) in [6.07, 6.45) is 0. The highest BCUT2D eigenvalue weighted by atomic mass is 32.2. The maximum Gasteiger partial charge on any atom is 0.294 e. The van der Waals surface area contributed by atoms with Crippen LogP contribution < -0.4 is 10.1 Å². The number of halogens is 1. The Bertz CT molecular complexity index is 981. The Morgan fingerprint density at radius 2 is 1.64 bits per heavy atom. The summed E-state index contributed by atoms with van der Waals surface area (Å²) in [5.74, 6) is 0. The third-order valence-corrected chi connectivity index (χ3v) is 4.03. The van der Waals surface area contributed by atoms with Crippen LogP contribution in [0.2, 0.25) is 0 Å². The van der Waals surface area contributed by atoms with E-state index in [-0.39, 0.29) is 20.4 Å². The molecule has 3 rings (SSSR count). The lowest BCUT2D eigenvalue weighted by Gasteiger charge is -2.05. The summed E-state index contributed by atoms with van der Waals surface area (Å²) in [5.41, 5.74) is 1.70. The first-order valence-electron chi connectivity index (χ1n) is 6.15. The lowest BCUT2D eigenvalue weighted by Crippen LogP contribution is -3.00. The van der Waals surface area contributed by atoms with Gasteiger partial charge in [-0.25, -0.2) is 0 Å². The van der Waals surface area contributed by atoms with Crippen molar-refractivity contribution in [3.63, 3.8) is 0 Å². The van der Waals surface area contributed by atoms with E-state index in [9.17, 15) is 13.2 Å². The zero-order chi connectivity index (χ0) is 15.0. The Hall–Kier alpha value is -2.51. The van der Waals surface area contributed by atoms with E-state index in [1.807, 2.05) is 30.3 Å². The van der Waals surface area contributed by atoms with Crippen LogP contribution in [0.1, 0.15) is 0 Å². The fourth-order valence-electron chi connectivity index (χ4n) is 2.16. The molecule has 2 N–H and O–H groups in total. The van der Waals surface area contributed by atoms with Crippen molar-refractivity contribution in [2.75, 3.05) is 0 Å². The summed E-state index contributed by atoms with van der Waals surface area (Å²) in [5, 5.41) is 0.213. The number of nitrogens with one attached hydrogen (secondary N) is 1. The van der Waals surface area contributed by atoms with Crippen molar-refractivity contribution in [1.82, 2.24) is 4.98 Å². The highest BCUT2D eigenvalue weighted by Crippen LogP contribution is 2.20. The van der Waals surface area contributed by atoms with Crippen molar-refractivity contribution in [2.24, 2.45) is 0 Å². The standard InChI is InChI=1S/C15H11NO4S.FH/c17-15-9-14(10-4-2-1-3-5-10)16-13-7-6-11(8-12(13)15)21(18,19)20;/h1-9H,(H,16,17)(H,18,19,20);1H/p-1. The van der Waals surface area contributed by atoms with E-state index in [1.54, 1.807) is 0 Å². The molecule has 0 unspecified atom stereocenters. The first kappa shape index (κ1) is 15.9. The molecule has 5 nitrogen and oxygen atoms in total. The molecule has 0 atom stereocenters. The third-order valence-electron chi connectivity index (χ3n) is 3.18. The van der Waals surface area contributed by atoms with Gasteiger partial charge in [0.1, 0.15) is 0 Å². The van der Waals surface area contributed by atoms with Crippen LogP contribution in [-0.2, 0) is 10.1 Å². The van der Waals surface area contributed by atoms with Crippen molar-refractivity contribution in [1.29, 1.82) is 0 Å². The molecule has 0 saturated heterocycles. The van der Waals surface area contributed by atoms with E-state index in [4.69, 9.17) is 4.55 Å². The number of rotatable bonds is 2. The smallest absolute Gasteiger partial charge is 0.294 e. The molecule has 0 aliphatic carbocycles. The molecule has 0 amide bonds. The lowest BCUT2D eigenvalue weighted by atomic mass is 10.1. The molecule has 0 spiro atoms. The van der Waals surface area contributed by atoms with Crippen molar-refractivity contribution in [3.8, 4) is 11.3 Å². The number of pyridine rings is 1. The minimum Gasteiger partial charge on any atom is -1.00 e. The fraction of sp³-hybridized carbons (Fsp3) is 0. The van der Waals surface area contributed by atoms with Gasteiger partial charge in [-0.1, -0.05) is 30.3 Å². The minimum atomic E-state index is -4.33. The molecule has 0 bridgehead atoms. The highest BCUT2D eigenvalue weighted by molar-refractivity contribution is 7.85. The van der Waals surface area contributed by atoms with Crippen LogP contribution in [-0.4, -0.2) is 18.0 Å². The Morgan fingerprint density at radius 3 is 2.27 bits per heavy atom. The van der Waals surface area contributed by atoms with Crippen LogP contribution in [0.3, 0.4) is 0 Å². The van der Waals surface area contributed by atoms with Crippen molar-refractivity contribution >= 4 is 21.0 Å². The zero-order valence-electron chi connectivity index (χ0n) is 11.2. The van der Waals surface area contributed by atoms with E-state index < -0.39 is 10.1 Å². The average Bonchev–Trinajstić information content (AvgIpc) is 2.47. The molecule has 0 radical (unpaired) electrons. The van der Waals surface area contributed by atoms with Crippen molar-refractivity contribution in [3.05, 3.63) is 64.8 Å². The number of aromatic nitrogens is 1. The van der Waals surface area contributed by atoms with E-state index in [0.29, 0.717) is 11.2 Å². The Labute approximate surface area is 125 Å². The number of hydrogen-bond acceptors (Lipinski definition) is 3. The van der Waals surface area contributed by atoms with Crippen LogP contribution in [0.25, 0.3) is 22.2 Å². The van der Waals surface area contributed by atoms with Crippen LogP contribution in [0.5, 0.6) is 0 Å². The second kappa shape index (κ2) is 5.70. The van der Waals surface area contributed by atoms with Gasteiger partial charge in [-0.3, -0.25) is 9.35 Å². The second-order valence-electron chi connectivity index (χ2n) is 4.60. The molecule has 2 aromatic carbocycles. The van der Waals surface area contributed by atoms with Gasteiger partial charge in [-0.2, -0.15) is 8.42 Å². The summed E-state index contributed by atoms with van der Waals surface area (Å²) < 4.78 is 31.3. The van der Waals surface area contributed by atoms with Gasteiger partial charge in [-0.15, -0.1) is 0 Å². The second-order valence-corrected chi connectivity index (χ2v) is 6.02. The van der Waals surface area contributed by atoms with Crippen LogP contribution >= 0.6 is 0 Å². The molecule has 0 aliphatic rings.